The zero-order valence-corrected chi connectivity index (χ0v) is 8.89. The maximum atomic E-state index is 5.43. The van der Waals surface area contributed by atoms with E-state index >= 15 is 0 Å². The molecule has 1 atom stereocenters. The molecule has 0 aliphatic heterocycles. The first kappa shape index (κ1) is 12.7. The number of unbranched alkanes of at least 4 members (excludes halogenated alkanes) is 3. The van der Waals surface area contributed by atoms with Gasteiger partial charge in [0.25, 0.3) is 0 Å². The fourth-order valence-electron chi connectivity index (χ4n) is 1.52. The predicted octanol–water partition coefficient (Wildman–Crippen LogP) is 2.75. The van der Waals surface area contributed by atoms with Crippen LogP contribution in [0, 0.1) is 0 Å². The Morgan fingerprint density at radius 3 is 2.62 bits per heavy atom. The van der Waals surface area contributed by atoms with E-state index in [9.17, 15) is 0 Å². The molecule has 0 amide bonds. The lowest BCUT2D eigenvalue weighted by Crippen LogP contribution is -2.34. The smallest absolute Gasteiger partial charge is 0.0210 e. The highest BCUT2D eigenvalue weighted by atomic mass is 15.2. The van der Waals surface area contributed by atoms with Gasteiger partial charge in [-0.25, -0.2) is 0 Å². The molecule has 78 valence electrons. The van der Waals surface area contributed by atoms with Crippen molar-refractivity contribution in [2.45, 2.75) is 57.9 Å². The lowest BCUT2D eigenvalue weighted by atomic mass is 10.0. The second kappa shape index (κ2) is 9.75. The van der Waals surface area contributed by atoms with Crippen molar-refractivity contribution in [1.82, 2.24) is 5.43 Å². The molecular weight excluding hydrogens is 160 g/mol. The summed E-state index contributed by atoms with van der Waals surface area (Å²) in [6, 6.07) is 0.522. The topological polar surface area (TPSA) is 38.0 Å². The zero-order valence-electron chi connectivity index (χ0n) is 8.89. The van der Waals surface area contributed by atoms with Gasteiger partial charge in [-0.05, 0) is 25.7 Å². The largest absolute Gasteiger partial charge is 0.271 e. The van der Waals surface area contributed by atoms with Crippen molar-refractivity contribution in [3.63, 3.8) is 0 Å². The van der Waals surface area contributed by atoms with Crippen molar-refractivity contribution in [3.8, 4) is 0 Å². The summed E-state index contributed by atoms with van der Waals surface area (Å²) in [5, 5.41) is 0. The minimum atomic E-state index is 0.522. The van der Waals surface area contributed by atoms with Crippen molar-refractivity contribution >= 4 is 0 Å². The average molecular weight is 184 g/mol. The highest BCUT2D eigenvalue weighted by Crippen LogP contribution is 2.08. The van der Waals surface area contributed by atoms with Gasteiger partial charge in [-0.3, -0.25) is 11.3 Å². The first-order chi connectivity index (χ1) is 6.35. The van der Waals surface area contributed by atoms with Crippen molar-refractivity contribution in [2.24, 2.45) is 5.84 Å². The number of allylic oxidation sites excluding steroid dienone is 1. The van der Waals surface area contributed by atoms with Gasteiger partial charge in [-0.1, -0.05) is 32.3 Å². The van der Waals surface area contributed by atoms with E-state index in [-0.39, 0.29) is 0 Å². The number of nitrogens with one attached hydrogen (secondary N) is 1. The van der Waals surface area contributed by atoms with Gasteiger partial charge < -0.3 is 0 Å². The number of hydrogen-bond donors (Lipinski definition) is 2. The molecule has 0 aliphatic rings. The van der Waals surface area contributed by atoms with Gasteiger partial charge in [0.1, 0.15) is 0 Å². The third-order valence-corrected chi connectivity index (χ3v) is 2.33. The zero-order chi connectivity index (χ0) is 9.94. The summed E-state index contributed by atoms with van der Waals surface area (Å²) in [5.74, 6) is 5.43. The van der Waals surface area contributed by atoms with Crippen LogP contribution < -0.4 is 11.3 Å². The summed E-state index contributed by atoms with van der Waals surface area (Å²) >= 11 is 0. The van der Waals surface area contributed by atoms with E-state index in [0.717, 1.165) is 6.42 Å². The number of hydrogen-bond acceptors (Lipinski definition) is 2. The fraction of sp³-hybridized carbons (Fsp3) is 0.818. The number of hydrazine groups is 1. The lowest BCUT2D eigenvalue weighted by Gasteiger charge is -2.13. The van der Waals surface area contributed by atoms with Crippen molar-refractivity contribution in [2.75, 3.05) is 0 Å². The van der Waals surface area contributed by atoms with E-state index in [0.29, 0.717) is 6.04 Å². The van der Waals surface area contributed by atoms with Crippen LogP contribution in [-0.4, -0.2) is 6.04 Å². The summed E-state index contributed by atoms with van der Waals surface area (Å²) in [6.07, 6.45) is 10.6. The van der Waals surface area contributed by atoms with Crippen molar-refractivity contribution < 1.29 is 0 Å². The first-order valence-electron chi connectivity index (χ1n) is 5.42. The molecule has 0 radical (unpaired) electrons. The number of nitrogens with two attached hydrogens (primary N) is 1. The van der Waals surface area contributed by atoms with E-state index in [1.807, 2.05) is 6.08 Å². The van der Waals surface area contributed by atoms with Gasteiger partial charge in [0.2, 0.25) is 0 Å². The Morgan fingerprint density at radius 2 is 2.08 bits per heavy atom. The van der Waals surface area contributed by atoms with Crippen molar-refractivity contribution in [1.29, 1.82) is 0 Å². The van der Waals surface area contributed by atoms with Gasteiger partial charge in [0.05, 0.1) is 0 Å². The summed E-state index contributed by atoms with van der Waals surface area (Å²) in [4.78, 5) is 0. The van der Waals surface area contributed by atoms with Crippen LogP contribution in [-0.2, 0) is 0 Å². The molecule has 0 saturated carbocycles. The van der Waals surface area contributed by atoms with Gasteiger partial charge in [-0.15, -0.1) is 6.58 Å². The summed E-state index contributed by atoms with van der Waals surface area (Å²) < 4.78 is 0. The normalized spacial score (nSPS) is 12.8. The monoisotopic (exact) mass is 184 g/mol. The highest BCUT2D eigenvalue weighted by Gasteiger charge is 2.03. The standard InChI is InChI=1S/C11H24N2/c1-3-5-6-7-8-10-11(13-12)9-4-2/h3,11,13H,1,4-10,12H2,2H3. The van der Waals surface area contributed by atoms with Crippen LogP contribution in [0.1, 0.15) is 51.9 Å². The molecule has 0 fully saturated rings. The predicted molar refractivity (Wildman–Crippen MR) is 59.3 cm³/mol. The minimum Gasteiger partial charge on any atom is -0.271 e. The Labute approximate surface area is 82.6 Å². The molecule has 2 heteroatoms. The van der Waals surface area contributed by atoms with E-state index in [1.165, 1.54) is 38.5 Å². The molecule has 0 rings (SSSR count). The third-order valence-electron chi connectivity index (χ3n) is 2.33. The van der Waals surface area contributed by atoms with Gasteiger partial charge in [0.15, 0.2) is 0 Å². The number of rotatable bonds is 9. The maximum absolute atomic E-state index is 5.43. The van der Waals surface area contributed by atoms with Crippen LogP contribution in [0.2, 0.25) is 0 Å². The summed E-state index contributed by atoms with van der Waals surface area (Å²) in [6.45, 7) is 5.90. The molecular formula is C11H24N2. The highest BCUT2D eigenvalue weighted by molar-refractivity contribution is 4.67. The van der Waals surface area contributed by atoms with Crippen LogP contribution in [0.3, 0.4) is 0 Å². The Kier molecular flexibility index (Phi) is 9.49. The second-order valence-electron chi connectivity index (χ2n) is 3.58. The molecule has 0 aromatic carbocycles. The van der Waals surface area contributed by atoms with Crippen LogP contribution in [0.25, 0.3) is 0 Å². The Bertz CT molecular complexity index is 113. The van der Waals surface area contributed by atoms with Crippen LogP contribution in [0.4, 0.5) is 0 Å². The first-order valence-corrected chi connectivity index (χ1v) is 5.42. The second-order valence-corrected chi connectivity index (χ2v) is 3.58. The van der Waals surface area contributed by atoms with E-state index < -0.39 is 0 Å². The molecule has 0 bridgehead atoms. The van der Waals surface area contributed by atoms with Gasteiger partial charge in [-0.2, -0.15) is 0 Å². The molecule has 0 aromatic rings. The average Bonchev–Trinajstić information content (AvgIpc) is 2.16. The SMILES string of the molecule is C=CCCCCCC(CCC)NN. The quantitative estimate of drug-likeness (QED) is 0.250. The van der Waals surface area contributed by atoms with Crippen LogP contribution >= 0.6 is 0 Å². The van der Waals surface area contributed by atoms with Crippen LogP contribution in [0.15, 0.2) is 12.7 Å². The minimum absolute atomic E-state index is 0.522. The van der Waals surface area contributed by atoms with E-state index in [4.69, 9.17) is 5.84 Å². The molecule has 0 spiro atoms. The molecule has 0 saturated heterocycles. The maximum Gasteiger partial charge on any atom is 0.0210 e. The van der Waals surface area contributed by atoms with Crippen LogP contribution in [0.5, 0.6) is 0 Å². The fourth-order valence-corrected chi connectivity index (χ4v) is 1.52. The summed E-state index contributed by atoms with van der Waals surface area (Å²) in [7, 11) is 0. The van der Waals surface area contributed by atoms with Gasteiger partial charge in [0, 0.05) is 6.04 Å². The molecule has 13 heavy (non-hydrogen) atoms. The third kappa shape index (κ3) is 8.00. The Hall–Kier alpha value is -0.340. The van der Waals surface area contributed by atoms with E-state index in [2.05, 4.69) is 18.9 Å². The molecule has 0 heterocycles. The lowest BCUT2D eigenvalue weighted by molar-refractivity contribution is 0.438. The molecule has 3 N–H and O–H groups in total. The van der Waals surface area contributed by atoms with Crippen molar-refractivity contribution in [3.05, 3.63) is 12.7 Å². The Balaban J connectivity index is 3.22. The molecule has 0 aliphatic carbocycles. The Morgan fingerprint density at radius 1 is 1.31 bits per heavy atom. The van der Waals surface area contributed by atoms with E-state index in [1.54, 1.807) is 0 Å². The molecule has 2 nitrogen and oxygen atoms in total. The summed E-state index contributed by atoms with van der Waals surface area (Å²) in [5.41, 5.74) is 2.87. The van der Waals surface area contributed by atoms with Gasteiger partial charge >= 0.3 is 0 Å². The molecule has 0 aromatic heterocycles. The molecule has 1 unspecified atom stereocenters.